The van der Waals surface area contributed by atoms with Crippen molar-refractivity contribution in [2.75, 3.05) is 13.2 Å². The van der Waals surface area contributed by atoms with Crippen molar-refractivity contribution in [3.63, 3.8) is 0 Å². The van der Waals surface area contributed by atoms with Crippen LogP contribution in [0.15, 0.2) is 72.9 Å². The minimum absolute atomic E-state index is 0.0713. The van der Waals surface area contributed by atoms with Gasteiger partial charge in [-0.15, -0.1) is 0 Å². The molecule has 0 saturated carbocycles. The van der Waals surface area contributed by atoms with Crippen LogP contribution in [-0.4, -0.2) is 36.4 Å². The molecule has 0 heterocycles. The maximum Gasteiger partial charge on any atom is 0.306 e. The quantitative estimate of drug-likeness (QED) is 0.0381. The molecule has 0 amide bonds. The van der Waals surface area contributed by atoms with E-state index in [0.29, 0.717) is 12.8 Å². The molecule has 55 heavy (non-hydrogen) atoms. The maximum absolute atomic E-state index is 12.2. The molecule has 1 atom stereocenters. The van der Waals surface area contributed by atoms with Gasteiger partial charge in [0.25, 0.3) is 0 Å². The highest BCUT2D eigenvalue weighted by Gasteiger charge is 2.16. The number of ether oxygens (including phenoxy) is 2. The summed E-state index contributed by atoms with van der Waals surface area (Å²) in [6, 6.07) is 0. The van der Waals surface area contributed by atoms with E-state index >= 15 is 0 Å². The van der Waals surface area contributed by atoms with Gasteiger partial charge in [-0.05, 0) is 77.0 Å². The first kappa shape index (κ1) is 52.3. The average molecular weight is 767 g/mol. The lowest BCUT2D eigenvalue weighted by atomic mass is 10.0. The zero-order valence-electron chi connectivity index (χ0n) is 35.9. The van der Waals surface area contributed by atoms with Crippen LogP contribution in [-0.2, 0) is 19.1 Å². The number of carbonyl (C=O) groups excluding carboxylic acids is 2. The van der Waals surface area contributed by atoms with Crippen LogP contribution in [0.4, 0.5) is 0 Å². The van der Waals surface area contributed by atoms with Crippen LogP contribution in [0, 0.1) is 0 Å². The molecule has 0 aromatic heterocycles. The number of rotatable bonds is 41. The molecule has 0 rings (SSSR count). The summed E-state index contributed by atoms with van der Waals surface area (Å²) in [5.41, 5.74) is 0. The van der Waals surface area contributed by atoms with E-state index in [-0.39, 0.29) is 25.2 Å². The molecular weight excluding hydrogens is 681 g/mol. The fraction of sp³-hybridized carbons (Fsp3) is 0.720. The van der Waals surface area contributed by atoms with Crippen molar-refractivity contribution in [1.29, 1.82) is 0 Å². The maximum atomic E-state index is 12.2. The molecule has 0 radical (unpaired) electrons. The second-order valence-electron chi connectivity index (χ2n) is 15.1. The van der Waals surface area contributed by atoms with Gasteiger partial charge in [-0.2, -0.15) is 0 Å². The van der Waals surface area contributed by atoms with Gasteiger partial charge in [-0.1, -0.05) is 196 Å². The number of hydrogen-bond donors (Lipinski definition) is 1. The Labute approximate surface area is 340 Å². The predicted molar refractivity (Wildman–Crippen MR) is 237 cm³/mol. The van der Waals surface area contributed by atoms with Gasteiger partial charge in [-0.3, -0.25) is 9.59 Å². The topological polar surface area (TPSA) is 72.8 Å². The van der Waals surface area contributed by atoms with E-state index in [9.17, 15) is 14.7 Å². The highest BCUT2D eigenvalue weighted by atomic mass is 16.6. The van der Waals surface area contributed by atoms with Gasteiger partial charge >= 0.3 is 11.9 Å². The fourth-order valence-electron chi connectivity index (χ4n) is 6.29. The van der Waals surface area contributed by atoms with Gasteiger partial charge in [0.1, 0.15) is 6.61 Å². The third kappa shape index (κ3) is 43.9. The first-order valence-electron chi connectivity index (χ1n) is 23.0. The van der Waals surface area contributed by atoms with Crippen LogP contribution in [0.2, 0.25) is 0 Å². The third-order valence-electron chi connectivity index (χ3n) is 9.72. The van der Waals surface area contributed by atoms with Crippen molar-refractivity contribution >= 4 is 11.9 Å². The monoisotopic (exact) mass is 767 g/mol. The summed E-state index contributed by atoms with van der Waals surface area (Å²) in [7, 11) is 0. The number of unbranched alkanes of at least 4 members (excludes halogenated alkanes) is 21. The van der Waals surface area contributed by atoms with Crippen LogP contribution >= 0.6 is 0 Å². The van der Waals surface area contributed by atoms with Crippen LogP contribution in [0.5, 0.6) is 0 Å². The van der Waals surface area contributed by atoms with E-state index in [4.69, 9.17) is 9.47 Å². The molecule has 0 fully saturated rings. The molecule has 0 aliphatic heterocycles. The largest absolute Gasteiger partial charge is 0.462 e. The Morgan fingerprint density at radius 3 is 1.20 bits per heavy atom. The van der Waals surface area contributed by atoms with Gasteiger partial charge < -0.3 is 14.6 Å². The molecule has 0 spiro atoms. The Balaban J connectivity index is 3.48. The Morgan fingerprint density at radius 2 is 0.782 bits per heavy atom. The molecule has 0 aliphatic rings. The Hall–Kier alpha value is -2.66. The van der Waals surface area contributed by atoms with Gasteiger partial charge in [0.15, 0.2) is 6.10 Å². The summed E-state index contributed by atoms with van der Waals surface area (Å²) in [6.07, 6.45) is 61.4. The van der Waals surface area contributed by atoms with Gasteiger partial charge in [0.05, 0.1) is 6.61 Å². The molecule has 1 unspecified atom stereocenters. The van der Waals surface area contributed by atoms with Gasteiger partial charge in [-0.25, -0.2) is 0 Å². The molecule has 0 aromatic carbocycles. The SMILES string of the molecule is CC/C=C\C/C=C\C/C=C\C/C=C\C/C=C\CCCCCCCCCCCCCCCCCC(=O)OC(CO)COC(=O)CCCCCCC/C=C\CCC. The van der Waals surface area contributed by atoms with Crippen molar-refractivity contribution in [3.8, 4) is 0 Å². The van der Waals surface area contributed by atoms with Crippen LogP contribution < -0.4 is 0 Å². The van der Waals surface area contributed by atoms with Crippen molar-refractivity contribution < 1.29 is 24.2 Å². The number of carbonyl (C=O) groups is 2. The molecular formula is C50H86O5. The second-order valence-corrected chi connectivity index (χ2v) is 15.1. The minimum Gasteiger partial charge on any atom is -0.462 e. The summed E-state index contributed by atoms with van der Waals surface area (Å²) in [6.45, 7) is 3.95. The lowest BCUT2D eigenvalue weighted by molar-refractivity contribution is -0.161. The smallest absolute Gasteiger partial charge is 0.306 e. The predicted octanol–water partition coefficient (Wildman–Crippen LogP) is 14.9. The van der Waals surface area contributed by atoms with Crippen molar-refractivity contribution in [2.45, 2.75) is 219 Å². The van der Waals surface area contributed by atoms with Crippen molar-refractivity contribution in [2.24, 2.45) is 0 Å². The molecule has 0 saturated heterocycles. The van der Waals surface area contributed by atoms with E-state index in [0.717, 1.165) is 83.5 Å². The van der Waals surface area contributed by atoms with E-state index in [1.807, 2.05) is 0 Å². The summed E-state index contributed by atoms with van der Waals surface area (Å²) in [5, 5.41) is 9.56. The fourth-order valence-corrected chi connectivity index (χ4v) is 6.29. The molecule has 0 aromatic rings. The zero-order valence-corrected chi connectivity index (χ0v) is 35.9. The number of esters is 2. The average Bonchev–Trinajstić information content (AvgIpc) is 3.19. The summed E-state index contributed by atoms with van der Waals surface area (Å²) < 4.78 is 10.6. The van der Waals surface area contributed by atoms with E-state index in [1.165, 1.54) is 103 Å². The zero-order chi connectivity index (χ0) is 40.0. The summed E-state index contributed by atoms with van der Waals surface area (Å²) in [5.74, 6) is -0.604. The highest BCUT2D eigenvalue weighted by molar-refractivity contribution is 5.70. The summed E-state index contributed by atoms with van der Waals surface area (Å²) >= 11 is 0. The summed E-state index contributed by atoms with van der Waals surface area (Å²) in [4.78, 5) is 24.2. The van der Waals surface area contributed by atoms with E-state index < -0.39 is 6.10 Å². The van der Waals surface area contributed by atoms with E-state index in [2.05, 4.69) is 86.8 Å². The Kier molecular flexibility index (Phi) is 43.5. The standard InChI is InChI=1S/C50H86O5/c1-3-5-7-9-11-13-15-16-17-18-19-20-21-22-23-24-25-26-27-28-29-30-31-32-33-34-35-37-39-41-43-45-50(53)55-48(46-51)47-54-49(52)44-42-40-38-36-14-12-10-8-6-4-2/h5,7-8,10-11,13,16-17,19-20,22-23,48,51H,3-4,6,9,12,14-15,18,21,24-47H2,1-2H3/b7-5-,10-8-,13-11-,17-16-,20-19-,23-22-. The van der Waals surface area contributed by atoms with Crippen LogP contribution in [0.3, 0.4) is 0 Å². The molecule has 5 heteroatoms. The van der Waals surface area contributed by atoms with Crippen molar-refractivity contribution in [3.05, 3.63) is 72.9 Å². The van der Waals surface area contributed by atoms with E-state index in [1.54, 1.807) is 0 Å². The first-order valence-corrected chi connectivity index (χ1v) is 23.0. The first-order chi connectivity index (χ1) is 27.1. The second kappa shape index (κ2) is 45.7. The lowest BCUT2D eigenvalue weighted by Gasteiger charge is -2.15. The molecule has 316 valence electrons. The molecule has 5 nitrogen and oxygen atoms in total. The van der Waals surface area contributed by atoms with Gasteiger partial charge in [0, 0.05) is 12.8 Å². The highest BCUT2D eigenvalue weighted by Crippen LogP contribution is 2.15. The number of hydrogen-bond acceptors (Lipinski definition) is 5. The Morgan fingerprint density at radius 1 is 0.436 bits per heavy atom. The third-order valence-corrected chi connectivity index (χ3v) is 9.72. The van der Waals surface area contributed by atoms with Crippen LogP contribution in [0.25, 0.3) is 0 Å². The molecule has 0 aliphatic carbocycles. The number of aliphatic hydroxyl groups excluding tert-OH is 1. The number of allylic oxidation sites excluding steroid dienone is 12. The minimum atomic E-state index is -0.775. The van der Waals surface area contributed by atoms with Crippen LogP contribution in [0.1, 0.15) is 213 Å². The lowest BCUT2D eigenvalue weighted by Crippen LogP contribution is -2.28. The number of aliphatic hydroxyl groups is 1. The Bertz CT molecular complexity index is 1000. The van der Waals surface area contributed by atoms with Gasteiger partial charge in [0.2, 0.25) is 0 Å². The molecule has 0 bridgehead atoms. The normalized spacial score (nSPS) is 12.9. The van der Waals surface area contributed by atoms with Crippen molar-refractivity contribution in [1.82, 2.24) is 0 Å². The molecule has 1 N–H and O–H groups in total.